The summed E-state index contributed by atoms with van der Waals surface area (Å²) in [7, 11) is 0. The van der Waals surface area contributed by atoms with Gasteiger partial charge in [-0.05, 0) is 12.5 Å². The first kappa shape index (κ1) is 10.0. The van der Waals surface area contributed by atoms with Gasteiger partial charge in [0.25, 0.3) is 0 Å². The molecule has 1 aliphatic carbocycles. The van der Waals surface area contributed by atoms with Crippen molar-refractivity contribution in [2.45, 2.75) is 18.9 Å². The van der Waals surface area contributed by atoms with Crippen LogP contribution >= 0.6 is 0 Å². The number of rotatable bonds is 1. The van der Waals surface area contributed by atoms with Crippen LogP contribution in [0.15, 0.2) is 33.5 Å². The van der Waals surface area contributed by atoms with Gasteiger partial charge in [-0.1, -0.05) is 18.2 Å². The first-order valence-electron chi connectivity index (χ1n) is 5.36. The Bertz CT molecular complexity index is 674. The van der Waals surface area contributed by atoms with Crippen molar-refractivity contribution in [3.63, 3.8) is 0 Å². The Balaban J connectivity index is 2.42. The third-order valence-corrected chi connectivity index (χ3v) is 3.21. The summed E-state index contributed by atoms with van der Waals surface area (Å²) in [6.45, 7) is 0. The molecule has 5 nitrogen and oxygen atoms in total. The minimum atomic E-state index is -0.779. The van der Waals surface area contributed by atoms with Crippen LogP contribution in [0.3, 0.4) is 0 Å². The molecule has 2 aromatic rings. The average Bonchev–Trinajstić information content (AvgIpc) is 2.74. The molecule has 1 atom stereocenters. The van der Waals surface area contributed by atoms with Gasteiger partial charge in [0.05, 0.1) is 0 Å². The fourth-order valence-electron chi connectivity index (χ4n) is 2.47. The number of hydrogen-bond donors (Lipinski definition) is 0. The standard InChI is InChI=1S/C12H9NO4/c14-12-8-5-6-9(13(15)16)11(8)7-3-1-2-4-10(7)17-12/h1-4,9H,5-6H2. The van der Waals surface area contributed by atoms with Gasteiger partial charge >= 0.3 is 5.63 Å². The lowest BCUT2D eigenvalue weighted by Gasteiger charge is -2.06. The van der Waals surface area contributed by atoms with E-state index in [1.165, 1.54) is 0 Å². The Morgan fingerprint density at radius 3 is 2.88 bits per heavy atom. The number of nitrogens with zero attached hydrogens (tertiary/aromatic N) is 1. The zero-order valence-electron chi connectivity index (χ0n) is 8.88. The molecule has 1 aromatic heterocycles. The number of para-hydroxylation sites is 1. The molecule has 1 aromatic carbocycles. The Kier molecular flexibility index (Phi) is 2.01. The van der Waals surface area contributed by atoms with Gasteiger partial charge in [0.15, 0.2) is 0 Å². The van der Waals surface area contributed by atoms with Crippen molar-refractivity contribution >= 4 is 11.0 Å². The fourth-order valence-corrected chi connectivity index (χ4v) is 2.47. The van der Waals surface area contributed by atoms with Crippen LogP contribution in [-0.2, 0) is 6.42 Å². The van der Waals surface area contributed by atoms with Gasteiger partial charge in [0.2, 0.25) is 6.04 Å². The van der Waals surface area contributed by atoms with Gasteiger partial charge in [-0.15, -0.1) is 0 Å². The monoisotopic (exact) mass is 231 g/mol. The molecular formula is C12H9NO4. The Morgan fingerprint density at radius 2 is 2.12 bits per heavy atom. The SMILES string of the molecule is O=c1oc2ccccc2c2c1CCC2[N+](=O)[O-]. The fraction of sp³-hybridized carbons (Fsp3) is 0.250. The van der Waals surface area contributed by atoms with E-state index in [0.29, 0.717) is 34.9 Å². The zero-order valence-corrected chi connectivity index (χ0v) is 8.88. The van der Waals surface area contributed by atoms with Crippen molar-refractivity contribution in [3.05, 3.63) is 55.9 Å². The second-order valence-electron chi connectivity index (χ2n) is 4.12. The second-order valence-corrected chi connectivity index (χ2v) is 4.12. The van der Waals surface area contributed by atoms with E-state index in [0.717, 1.165) is 0 Å². The van der Waals surface area contributed by atoms with Crippen LogP contribution in [0.4, 0.5) is 0 Å². The summed E-state index contributed by atoms with van der Waals surface area (Å²) >= 11 is 0. The lowest BCUT2D eigenvalue weighted by Crippen LogP contribution is -2.11. The van der Waals surface area contributed by atoms with E-state index in [1.54, 1.807) is 24.3 Å². The molecule has 86 valence electrons. The average molecular weight is 231 g/mol. The van der Waals surface area contributed by atoms with Crippen molar-refractivity contribution in [2.24, 2.45) is 0 Å². The van der Waals surface area contributed by atoms with E-state index in [2.05, 4.69) is 0 Å². The lowest BCUT2D eigenvalue weighted by atomic mass is 10.0. The van der Waals surface area contributed by atoms with Gasteiger partial charge in [0, 0.05) is 27.9 Å². The molecule has 3 rings (SSSR count). The molecule has 0 N–H and O–H groups in total. The number of fused-ring (bicyclic) bond motifs is 3. The van der Waals surface area contributed by atoms with Crippen LogP contribution in [0, 0.1) is 10.1 Å². The minimum absolute atomic E-state index is 0.322. The molecule has 0 bridgehead atoms. The van der Waals surface area contributed by atoms with E-state index in [1.807, 2.05) is 0 Å². The first-order chi connectivity index (χ1) is 8.18. The largest absolute Gasteiger partial charge is 0.423 e. The van der Waals surface area contributed by atoms with Crippen molar-refractivity contribution in [3.8, 4) is 0 Å². The van der Waals surface area contributed by atoms with Crippen LogP contribution in [0.1, 0.15) is 23.6 Å². The quantitative estimate of drug-likeness (QED) is 0.427. The number of hydrogen-bond acceptors (Lipinski definition) is 4. The molecule has 0 amide bonds. The normalized spacial score (nSPS) is 18.2. The predicted molar refractivity (Wildman–Crippen MR) is 60.5 cm³/mol. The second kappa shape index (κ2) is 3.41. The molecule has 0 saturated heterocycles. The summed E-state index contributed by atoms with van der Waals surface area (Å²) in [5.41, 5.74) is 0.986. The molecule has 0 fully saturated rings. The van der Waals surface area contributed by atoms with Crippen LogP contribution < -0.4 is 5.63 Å². The topological polar surface area (TPSA) is 73.3 Å². The van der Waals surface area contributed by atoms with Gasteiger partial charge in [-0.25, -0.2) is 4.79 Å². The van der Waals surface area contributed by atoms with Crippen LogP contribution in [0.25, 0.3) is 11.0 Å². The summed E-state index contributed by atoms with van der Waals surface area (Å²) in [5.74, 6) is 0. The molecule has 1 aliphatic rings. The van der Waals surface area contributed by atoms with E-state index in [9.17, 15) is 14.9 Å². The lowest BCUT2D eigenvalue weighted by molar-refractivity contribution is -0.527. The smallest absolute Gasteiger partial charge is 0.339 e. The molecule has 0 radical (unpaired) electrons. The van der Waals surface area contributed by atoms with Crippen molar-refractivity contribution < 1.29 is 9.34 Å². The molecule has 1 heterocycles. The third-order valence-electron chi connectivity index (χ3n) is 3.21. The molecule has 0 saturated carbocycles. The van der Waals surface area contributed by atoms with E-state index < -0.39 is 11.7 Å². The van der Waals surface area contributed by atoms with Crippen LogP contribution in [0.5, 0.6) is 0 Å². The first-order valence-corrected chi connectivity index (χ1v) is 5.36. The third kappa shape index (κ3) is 1.35. The molecule has 1 unspecified atom stereocenters. The summed E-state index contributed by atoms with van der Waals surface area (Å²) < 4.78 is 5.15. The summed E-state index contributed by atoms with van der Waals surface area (Å²) in [5, 5.41) is 11.7. The van der Waals surface area contributed by atoms with Crippen LogP contribution in [-0.4, -0.2) is 4.92 Å². The predicted octanol–water partition coefficient (Wildman–Crippen LogP) is 2.06. The molecule has 5 heteroatoms. The summed E-state index contributed by atoms with van der Waals surface area (Å²) in [6.07, 6.45) is 0.801. The van der Waals surface area contributed by atoms with E-state index in [4.69, 9.17) is 4.42 Å². The summed E-state index contributed by atoms with van der Waals surface area (Å²) in [6, 6.07) is 6.18. The van der Waals surface area contributed by atoms with Crippen molar-refractivity contribution in [1.82, 2.24) is 0 Å². The molecular weight excluding hydrogens is 222 g/mol. The Labute approximate surface area is 95.8 Å². The van der Waals surface area contributed by atoms with Crippen LogP contribution in [0.2, 0.25) is 0 Å². The van der Waals surface area contributed by atoms with Gasteiger partial charge < -0.3 is 4.42 Å². The minimum Gasteiger partial charge on any atom is -0.423 e. The van der Waals surface area contributed by atoms with Gasteiger partial charge in [-0.3, -0.25) is 10.1 Å². The van der Waals surface area contributed by atoms with E-state index >= 15 is 0 Å². The molecule has 0 spiro atoms. The molecule has 0 aliphatic heterocycles. The highest BCUT2D eigenvalue weighted by Gasteiger charge is 2.36. The Morgan fingerprint density at radius 1 is 1.35 bits per heavy atom. The maximum atomic E-state index is 11.7. The molecule has 17 heavy (non-hydrogen) atoms. The highest BCUT2D eigenvalue weighted by atomic mass is 16.6. The highest BCUT2D eigenvalue weighted by molar-refractivity contribution is 5.82. The maximum Gasteiger partial charge on any atom is 0.339 e. The highest BCUT2D eigenvalue weighted by Crippen LogP contribution is 2.36. The van der Waals surface area contributed by atoms with E-state index in [-0.39, 0.29) is 4.92 Å². The van der Waals surface area contributed by atoms with Crippen molar-refractivity contribution in [1.29, 1.82) is 0 Å². The maximum absolute atomic E-state index is 11.7. The van der Waals surface area contributed by atoms with Gasteiger partial charge in [0.1, 0.15) is 5.58 Å². The summed E-state index contributed by atoms with van der Waals surface area (Å²) in [4.78, 5) is 22.4. The zero-order chi connectivity index (χ0) is 12.0. The number of benzene rings is 1. The Hall–Kier alpha value is -2.17. The van der Waals surface area contributed by atoms with Crippen molar-refractivity contribution in [2.75, 3.05) is 0 Å². The van der Waals surface area contributed by atoms with Gasteiger partial charge in [-0.2, -0.15) is 0 Å². The number of nitro groups is 1.